The Balaban J connectivity index is 0.00000245. The molecule has 0 amide bonds. The molecular formula is C29H34ClNO. The van der Waals surface area contributed by atoms with E-state index >= 15 is 0 Å². The fraction of sp³-hybridized carbons (Fsp3) is 0.379. The summed E-state index contributed by atoms with van der Waals surface area (Å²) in [4.78, 5) is 2.64. The summed E-state index contributed by atoms with van der Waals surface area (Å²) in [5.41, 5.74) is 6.54. The van der Waals surface area contributed by atoms with E-state index in [1.165, 1.54) is 48.2 Å². The normalized spacial score (nSPS) is 21.9. The van der Waals surface area contributed by atoms with Gasteiger partial charge in [-0.05, 0) is 84.8 Å². The van der Waals surface area contributed by atoms with Gasteiger partial charge in [0, 0.05) is 6.54 Å². The first-order valence-electron chi connectivity index (χ1n) is 11.9. The van der Waals surface area contributed by atoms with Crippen LogP contribution in [0.5, 0.6) is 0 Å². The lowest BCUT2D eigenvalue weighted by Crippen LogP contribution is -2.36. The molecule has 32 heavy (non-hydrogen) atoms. The van der Waals surface area contributed by atoms with Crippen molar-refractivity contribution in [1.82, 2.24) is 4.90 Å². The van der Waals surface area contributed by atoms with Crippen LogP contribution >= 0.6 is 12.4 Å². The minimum absolute atomic E-state index is 0. The van der Waals surface area contributed by atoms with Crippen LogP contribution in [0.2, 0.25) is 0 Å². The van der Waals surface area contributed by atoms with E-state index in [-0.39, 0.29) is 18.5 Å². The van der Waals surface area contributed by atoms with Crippen molar-refractivity contribution in [1.29, 1.82) is 0 Å². The van der Waals surface area contributed by atoms with E-state index in [9.17, 15) is 5.11 Å². The Hall–Kier alpha value is -2.13. The smallest absolute Gasteiger partial charge is 0.0796 e. The van der Waals surface area contributed by atoms with Gasteiger partial charge in [-0.2, -0.15) is 0 Å². The van der Waals surface area contributed by atoms with Crippen LogP contribution in [-0.2, 0) is 6.42 Å². The molecule has 3 heteroatoms. The van der Waals surface area contributed by atoms with Crippen molar-refractivity contribution in [3.05, 3.63) is 95.6 Å². The minimum atomic E-state index is -0.354. The molecule has 5 rings (SSSR count). The highest BCUT2D eigenvalue weighted by atomic mass is 35.5. The van der Waals surface area contributed by atoms with E-state index in [1.807, 2.05) is 0 Å². The lowest BCUT2D eigenvalue weighted by Gasteiger charge is -2.34. The zero-order chi connectivity index (χ0) is 21.0. The van der Waals surface area contributed by atoms with Crippen molar-refractivity contribution in [2.75, 3.05) is 19.6 Å². The van der Waals surface area contributed by atoms with Gasteiger partial charge in [0.05, 0.1) is 6.10 Å². The monoisotopic (exact) mass is 447 g/mol. The maximum atomic E-state index is 11.1. The molecule has 1 fully saturated rings. The third-order valence-electron chi connectivity index (χ3n) is 7.39. The molecule has 1 heterocycles. The Labute approximate surface area is 198 Å². The second-order valence-electron chi connectivity index (χ2n) is 9.38. The molecule has 0 radical (unpaired) electrons. The molecule has 1 aliphatic heterocycles. The van der Waals surface area contributed by atoms with Crippen molar-refractivity contribution in [3.63, 3.8) is 0 Å². The Morgan fingerprint density at radius 1 is 0.781 bits per heavy atom. The van der Waals surface area contributed by atoms with Gasteiger partial charge in [-0.3, -0.25) is 0 Å². The number of rotatable bonds is 4. The molecule has 1 N–H and O–H groups in total. The molecule has 2 nitrogen and oxygen atoms in total. The molecule has 1 saturated heterocycles. The standard InChI is InChI=1S/C29H33NO.ClH/c31-29-20-22(21-30-18-16-24(17-19-30)23-8-3-1-4-9-23)14-15-27-26(12-7-13-28(27)29)25-10-5-2-6-11-25;/h1-13,22,24,29,31H,14-21H2;1H. The van der Waals surface area contributed by atoms with Gasteiger partial charge in [0.2, 0.25) is 0 Å². The molecule has 1 aliphatic carbocycles. The highest BCUT2D eigenvalue weighted by Crippen LogP contribution is 2.38. The average molecular weight is 448 g/mol. The number of fused-ring (bicyclic) bond motifs is 1. The second kappa shape index (κ2) is 10.7. The van der Waals surface area contributed by atoms with Gasteiger partial charge in [0.1, 0.15) is 0 Å². The quantitative estimate of drug-likeness (QED) is 0.453. The Kier molecular flexibility index (Phi) is 7.67. The third kappa shape index (κ3) is 5.09. The minimum Gasteiger partial charge on any atom is -0.388 e. The first-order chi connectivity index (χ1) is 15.3. The summed E-state index contributed by atoms with van der Waals surface area (Å²) in [6, 6.07) is 28.1. The number of aliphatic hydroxyl groups excluding tert-OH is 1. The summed E-state index contributed by atoms with van der Waals surface area (Å²) in [6.07, 6.45) is 5.24. The van der Waals surface area contributed by atoms with E-state index in [2.05, 4.69) is 83.8 Å². The Bertz CT molecular complexity index is 983. The fourth-order valence-corrected chi connectivity index (χ4v) is 5.70. The molecule has 2 aliphatic rings. The number of likely N-dealkylation sites (tertiary alicyclic amines) is 1. The SMILES string of the molecule is Cl.OC1CC(CN2CCC(c3ccccc3)CC2)CCc2c(-c3ccccc3)cccc21. The number of aliphatic hydroxyl groups is 1. The van der Waals surface area contributed by atoms with Gasteiger partial charge in [-0.1, -0.05) is 78.9 Å². The fourth-order valence-electron chi connectivity index (χ4n) is 5.70. The van der Waals surface area contributed by atoms with Crippen LogP contribution in [0, 0.1) is 5.92 Å². The van der Waals surface area contributed by atoms with Gasteiger partial charge < -0.3 is 10.0 Å². The summed E-state index contributed by atoms with van der Waals surface area (Å²) < 4.78 is 0. The van der Waals surface area contributed by atoms with Crippen molar-refractivity contribution in [2.45, 2.75) is 44.1 Å². The highest BCUT2D eigenvalue weighted by Gasteiger charge is 2.28. The van der Waals surface area contributed by atoms with Gasteiger partial charge in [-0.25, -0.2) is 0 Å². The van der Waals surface area contributed by atoms with Crippen LogP contribution in [0.4, 0.5) is 0 Å². The molecule has 3 aromatic carbocycles. The van der Waals surface area contributed by atoms with Crippen LogP contribution in [0.15, 0.2) is 78.9 Å². The molecule has 3 aromatic rings. The van der Waals surface area contributed by atoms with E-state index < -0.39 is 0 Å². The molecule has 2 unspecified atom stereocenters. The molecule has 168 valence electrons. The zero-order valence-electron chi connectivity index (χ0n) is 18.7. The first kappa shape index (κ1) is 23.0. The number of hydrogen-bond donors (Lipinski definition) is 1. The lowest BCUT2D eigenvalue weighted by atomic mass is 9.88. The molecule has 0 bridgehead atoms. The van der Waals surface area contributed by atoms with Crippen LogP contribution < -0.4 is 0 Å². The predicted molar refractivity (Wildman–Crippen MR) is 135 cm³/mol. The third-order valence-corrected chi connectivity index (χ3v) is 7.39. The maximum Gasteiger partial charge on any atom is 0.0796 e. The second-order valence-corrected chi connectivity index (χ2v) is 9.38. The summed E-state index contributed by atoms with van der Waals surface area (Å²) >= 11 is 0. The number of piperidine rings is 1. The molecule has 0 saturated carbocycles. The largest absolute Gasteiger partial charge is 0.388 e. The number of halogens is 1. The number of hydrogen-bond acceptors (Lipinski definition) is 2. The van der Waals surface area contributed by atoms with Gasteiger partial charge in [0.25, 0.3) is 0 Å². The van der Waals surface area contributed by atoms with Crippen molar-refractivity contribution < 1.29 is 5.11 Å². The van der Waals surface area contributed by atoms with E-state index in [4.69, 9.17) is 0 Å². The Morgan fingerprint density at radius 2 is 1.47 bits per heavy atom. The number of benzene rings is 3. The zero-order valence-corrected chi connectivity index (χ0v) is 19.5. The number of nitrogens with zero attached hydrogens (tertiary/aromatic N) is 1. The summed E-state index contributed by atoms with van der Waals surface area (Å²) in [6.45, 7) is 3.47. The molecule has 2 atom stereocenters. The summed E-state index contributed by atoms with van der Waals surface area (Å²) in [7, 11) is 0. The van der Waals surface area contributed by atoms with E-state index in [0.717, 1.165) is 31.4 Å². The van der Waals surface area contributed by atoms with Crippen LogP contribution in [0.1, 0.15) is 54.4 Å². The van der Waals surface area contributed by atoms with Gasteiger partial charge in [0.15, 0.2) is 0 Å². The van der Waals surface area contributed by atoms with Crippen molar-refractivity contribution >= 4 is 12.4 Å². The summed E-state index contributed by atoms with van der Waals surface area (Å²) in [5.74, 6) is 1.26. The molecule has 0 spiro atoms. The van der Waals surface area contributed by atoms with Crippen molar-refractivity contribution in [2.24, 2.45) is 5.92 Å². The van der Waals surface area contributed by atoms with Gasteiger partial charge in [-0.15, -0.1) is 12.4 Å². The lowest BCUT2D eigenvalue weighted by molar-refractivity contribution is 0.117. The molecule has 0 aromatic heterocycles. The topological polar surface area (TPSA) is 23.5 Å². The van der Waals surface area contributed by atoms with Crippen LogP contribution in [0.3, 0.4) is 0 Å². The van der Waals surface area contributed by atoms with E-state index in [1.54, 1.807) is 0 Å². The average Bonchev–Trinajstić information content (AvgIpc) is 2.99. The van der Waals surface area contributed by atoms with E-state index in [0.29, 0.717) is 11.8 Å². The van der Waals surface area contributed by atoms with Crippen molar-refractivity contribution in [3.8, 4) is 11.1 Å². The summed E-state index contributed by atoms with van der Waals surface area (Å²) in [5, 5.41) is 11.1. The first-order valence-corrected chi connectivity index (χ1v) is 11.9. The van der Waals surface area contributed by atoms with Crippen LogP contribution in [0.25, 0.3) is 11.1 Å². The molecular weight excluding hydrogens is 414 g/mol. The van der Waals surface area contributed by atoms with Gasteiger partial charge >= 0.3 is 0 Å². The Morgan fingerprint density at radius 3 is 2.19 bits per heavy atom. The maximum absolute atomic E-state index is 11.1. The van der Waals surface area contributed by atoms with Crippen LogP contribution in [-0.4, -0.2) is 29.6 Å². The predicted octanol–water partition coefficient (Wildman–Crippen LogP) is 6.64. The highest BCUT2D eigenvalue weighted by molar-refractivity contribution is 5.85.